The molecule has 0 aliphatic carbocycles. The van der Waals surface area contributed by atoms with E-state index in [0.29, 0.717) is 5.56 Å². The molecule has 0 N–H and O–H groups in total. The molecule has 0 aromatic heterocycles. The zero-order valence-electron chi connectivity index (χ0n) is 12.0. The normalized spacial score (nSPS) is 11.3. The van der Waals surface area contributed by atoms with Gasteiger partial charge in [0.15, 0.2) is 0 Å². The van der Waals surface area contributed by atoms with Crippen LogP contribution < -0.4 is 4.74 Å². The third-order valence-corrected chi connectivity index (χ3v) is 3.39. The maximum absolute atomic E-state index is 12.5. The summed E-state index contributed by atoms with van der Waals surface area (Å²) in [6.45, 7) is 0. The largest absolute Gasteiger partial charge is 0.573 e. The van der Waals surface area contributed by atoms with E-state index in [1.54, 1.807) is 6.07 Å². The summed E-state index contributed by atoms with van der Waals surface area (Å²) in [4.78, 5) is 0. The molecule has 116 valence electrons. The van der Waals surface area contributed by atoms with Gasteiger partial charge >= 0.3 is 6.36 Å². The summed E-state index contributed by atoms with van der Waals surface area (Å²) in [5.41, 5.74) is 3.31. The van der Waals surface area contributed by atoms with Crippen LogP contribution in [0.2, 0.25) is 0 Å². The molecular formula is C19H13F3O. The minimum Gasteiger partial charge on any atom is -0.406 e. The molecule has 0 heterocycles. The van der Waals surface area contributed by atoms with Crippen molar-refractivity contribution in [1.29, 1.82) is 0 Å². The molecule has 23 heavy (non-hydrogen) atoms. The molecular weight excluding hydrogens is 301 g/mol. The second-order valence-corrected chi connectivity index (χ2v) is 4.99. The van der Waals surface area contributed by atoms with Crippen molar-refractivity contribution in [3.05, 3.63) is 78.9 Å². The van der Waals surface area contributed by atoms with Gasteiger partial charge in [0.05, 0.1) is 0 Å². The number of rotatable bonds is 3. The number of hydrogen-bond acceptors (Lipinski definition) is 1. The van der Waals surface area contributed by atoms with Crippen LogP contribution >= 0.6 is 0 Å². The standard InChI is InChI=1S/C19H13F3O/c20-19(21,22)23-16-11-12-17(14-7-3-1-4-8-14)18(13-16)15-9-5-2-6-10-15/h1-13H. The van der Waals surface area contributed by atoms with Gasteiger partial charge in [-0.05, 0) is 34.4 Å². The lowest BCUT2D eigenvalue weighted by Crippen LogP contribution is -2.17. The predicted molar refractivity (Wildman–Crippen MR) is 84.0 cm³/mol. The van der Waals surface area contributed by atoms with Gasteiger partial charge in [-0.3, -0.25) is 0 Å². The third-order valence-electron chi connectivity index (χ3n) is 3.39. The van der Waals surface area contributed by atoms with Crippen LogP contribution in [0.3, 0.4) is 0 Å². The first-order valence-corrected chi connectivity index (χ1v) is 7.03. The summed E-state index contributed by atoms with van der Waals surface area (Å²) in [6.07, 6.45) is -4.71. The Hall–Kier alpha value is -2.75. The molecule has 1 nitrogen and oxygen atoms in total. The van der Waals surface area contributed by atoms with Crippen molar-refractivity contribution in [2.24, 2.45) is 0 Å². The third kappa shape index (κ3) is 3.72. The van der Waals surface area contributed by atoms with Crippen molar-refractivity contribution in [2.45, 2.75) is 6.36 Å². The summed E-state index contributed by atoms with van der Waals surface area (Å²) in [7, 11) is 0. The summed E-state index contributed by atoms with van der Waals surface area (Å²) < 4.78 is 41.5. The molecule has 0 amide bonds. The number of benzene rings is 3. The van der Waals surface area contributed by atoms with E-state index >= 15 is 0 Å². The first-order valence-electron chi connectivity index (χ1n) is 7.03. The van der Waals surface area contributed by atoms with E-state index < -0.39 is 6.36 Å². The average molecular weight is 314 g/mol. The molecule has 0 aliphatic heterocycles. The van der Waals surface area contributed by atoms with Crippen molar-refractivity contribution in [3.8, 4) is 28.0 Å². The van der Waals surface area contributed by atoms with Gasteiger partial charge in [0, 0.05) is 0 Å². The Morgan fingerprint density at radius 3 is 1.65 bits per heavy atom. The smallest absolute Gasteiger partial charge is 0.406 e. The van der Waals surface area contributed by atoms with Crippen molar-refractivity contribution < 1.29 is 17.9 Å². The highest BCUT2D eigenvalue weighted by Gasteiger charge is 2.31. The first kappa shape index (κ1) is 15.2. The van der Waals surface area contributed by atoms with Gasteiger partial charge in [-0.25, -0.2) is 0 Å². The second kappa shape index (κ2) is 6.16. The molecule has 0 aliphatic rings. The lowest BCUT2D eigenvalue weighted by Gasteiger charge is -2.14. The molecule has 0 fully saturated rings. The van der Waals surface area contributed by atoms with E-state index in [0.717, 1.165) is 16.7 Å². The predicted octanol–water partition coefficient (Wildman–Crippen LogP) is 5.92. The van der Waals surface area contributed by atoms with Gasteiger partial charge in [-0.2, -0.15) is 0 Å². The highest BCUT2D eigenvalue weighted by Crippen LogP contribution is 2.36. The Morgan fingerprint density at radius 2 is 1.13 bits per heavy atom. The van der Waals surface area contributed by atoms with Crippen LogP contribution in [-0.4, -0.2) is 6.36 Å². The Morgan fingerprint density at radius 1 is 0.609 bits per heavy atom. The van der Waals surface area contributed by atoms with Gasteiger partial charge in [0.1, 0.15) is 5.75 Å². The van der Waals surface area contributed by atoms with Gasteiger partial charge < -0.3 is 4.74 Å². The van der Waals surface area contributed by atoms with Crippen molar-refractivity contribution in [2.75, 3.05) is 0 Å². The number of hydrogen-bond donors (Lipinski definition) is 0. The van der Waals surface area contributed by atoms with Crippen molar-refractivity contribution in [1.82, 2.24) is 0 Å². The van der Waals surface area contributed by atoms with Crippen molar-refractivity contribution in [3.63, 3.8) is 0 Å². The zero-order chi connectivity index (χ0) is 16.3. The highest BCUT2D eigenvalue weighted by atomic mass is 19.4. The van der Waals surface area contributed by atoms with E-state index in [1.165, 1.54) is 12.1 Å². The van der Waals surface area contributed by atoms with Crippen LogP contribution in [0.5, 0.6) is 5.75 Å². The zero-order valence-corrected chi connectivity index (χ0v) is 12.0. The number of alkyl halides is 3. The van der Waals surface area contributed by atoms with E-state index in [9.17, 15) is 13.2 Å². The lowest BCUT2D eigenvalue weighted by atomic mass is 9.94. The quantitative estimate of drug-likeness (QED) is 0.583. The molecule has 0 saturated heterocycles. The van der Waals surface area contributed by atoms with Crippen LogP contribution in [0, 0.1) is 0 Å². The van der Waals surface area contributed by atoms with Crippen LogP contribution in [0.25, 0.3) is 22.3 Å². The Labute approximate surface area is 132 Å². The van der Waals surface area contributed by atoms with E-state index in [-0.39, 0.29) is 5.75 Å². The molecule has 0 saturated carbocycles. The monoisotopic (exact) mass is 314 g/mol. The molecule has 3 aromatic rings. The lowest BCUT2D eigenvalue weighted by molar-refractivity contribution is -0.274. The summed E-state index contributed by atoms with van der Waals surface area (Å²) in [5.74, 6) is -0.226. The fraction of sp³-hybridized carbons (Fsp3) is 0.0526. The summed E-state index contributed by atoms with van der Waals surface area (Å²) in [5, 5.41) is 0. The highest BCUT2D eigenvalue weighted by molar-refractivity contribution is 5.84. The number of halogens is 3. The van der Waals surface area contributed by atoms with Crippen LogP contribution in [0.1, 0.15) is 0 Å². The van der Waals surface area contributed by atoms with Gasteiger partial charge in [-0.1, -0.05) is 66.7 Å². The van der Waals surface area contributed by atoms with E-state index in [1.807, 2.05) is 60.7 Å². The summed E-state index contributed by atoms with van der Waals surface area (Å²) >= 11 is 0. The minimum atomic E-state index is -4.71. The van der Waals surface area contributed by atoms with Gasteiger partial charge in [0.25, 0.3) is 0 Å². The summed E-state index contributed by atoms with van der Waals surface area (Å²) in [6, 6.07) is 23.2. The maximum Gasteiger partial charge on any atom is 0.573 e. The number of ether oxygens (including phenoxy) is 1. The minimum absolute atomic E-state index is 0.226. The topological polar surface area (TPSA) is 9.23 Å². The maximum atomic E-state index is 12.5. The second-order valence-electron chi connectivity index (χ2n) is 4.99. The molecule has 3 rings (SSSR count). The molecule has 0 unspecified atom stereocenters. The van der Waals surface area contributed by atoms with Crippen molar-refractivity contribution >= 4 is 0 Å². The average Bonchev–Trinajstić information content (AvgIpc) is 2.55. The molecule has 3 aromatic carbocycles. The molecule has 0 spiro atoms. The fourth-order valence-corrected chi connectivity index (χ4v) is 2.45. The van der Waals surface area contributed by atoms with Crippen LogP contribution in [0.4, 0.5) is 13.2 Å². The van der Waals surface area contributed by atoms with E-state index in [4.69, 9.17) is 0 Å². The van der Waals surface area contributed by atoms with Crippen LogP contribution in [-0.2, 0) is 0 Å². The Balaban J connectivity index is 2.13. The van der Waals surface area contributed by atoms with Crippen LogP contribution in [0.15, 0.2) is 78.9 Å². The Bertz CT molecular complexity index is 781. The molecule has 0 atom stereocenters. The fourth-order valence-electron chi connectivity index (χ4n) is 2.45. The van der Waals surface area contributed by atoms with E-state index in [2.05, 4.69) is 4.74 Å². The molecule has 4 heteroatoms. The SMILES string of the molecule is FC(F)(F)Oc1ccc(-c2ccccc2)c(-c2ccccc2)c1. The molecule has 0 radical (unpaired) electrons. The Kier molecular flexibility index (Phi) is 4.06. The van der Waals surface area contributed by atoms with Gasteiger partial charge in [-0.15, -0.1) is 13.2 Å². The molecule has 0 bridgehead atoms. The first-order chi connectivity index (χ1) is 11.0. The van der Waals surface area contributed by atoms with Gasteiger partial charge in [0.2, 0.25) is 0 Å².